The third kappa shape index (κ3) is 4.64. The normalized spacial score (nSPS) is 18.7. The molecule has 0 N–H and O–H groups in total. The van der Waals surface area contributed by atoms with Gasteiger partial charge in [0.1, 0.15) is 21.3 Å². The van der Waals surface area contributed by atoms with Gasteiger partial charge in [-0.2, -0.15) is 8.61 Å². The molecule has 31 heavy (non-hydrogen) atoms. The van der Waals surface area contributed by atoms with E-state index in [2.05, 4.69) is 0 Å². The molecule has 2 aromatic rings. The van der Waals surface area contributed by atoms with Crippen molar-refractivity contribution < 1.29 is 26.3 Å². The molecule has 8 nitrogen and oxygen atoms in total. The van der Waals surface area contributed by atoms with Crippen LogP contribution in [0.15, 0.2) is 46.2 Å². The van der Waals surface area contributed by atoms with Crippen molar-refractivity contribution in [2.45, 2.75) is 22.8 Å². The van der Waals surface area contributed by atoms with E-state index in [1.807, 2.05) is 0 Å². The Bertz CT molecular complexity index is 1190. The zero-order valence-electron chi connectivity index (χ0n) is 17.1. The number of hydrogen-bond acceptors (Lipinski definition) is 6. The second-order valence-corrected chi connectivity index (χ2v) is 11.6. The molecule has 1 aliphatic heterocycles. The number of methoxy groups -OCH3 is 2. The highest BCUT2D eigenvalue weighted by atomic mass is 35.5. The van der Waals surface area contributed by atoms with Crippen LogP contribution in [0.4, 0.5) is 0 Å². The number of halogens is 2. The van der Waals surface area contributed by atoms with Crippen LogP contribution < -0.4 is 9.47 Å². The molecule has 1 fully saturated rings. The Morgan fingerprint density at radius 3 is 1.77 bits per heavy atom. The molecule has 2 aromatic carbocycles. The van der Waals surface area contributed by atoms with Crippen LogP contribution in [0.3, 0.4) is 0 Å². The second-order valence-electron chi connectivity index (χ2n) is 6.92. The largest absolute Gasteiger partial charge is 0.495 e. The Hall–Kier alpha value is -1.56. The molecule has 3 rings (SSSR count). The van der Waals surface area contributed by atoms with Crippen LogP contribution in [0.2, 0.25) is 10.0 Å². The average Bonchev–Trinajstić information content (AvgIpc) is 2.73. The molecular formula is C19H22Cl2N2O6S2. The third-order valence-corrected chi connectivity index (χ3v) is 9.38. The van der Waals surface area contributed by atoms with Crippen molar-refractivity contribution in [3.63, 3.8) is 0 Å². The van der Waals surface area contributed by atoms with Crippen LogP contribution >= 0.6 is 23.2 Å². The lowest BCUT2D eigenvalue weighted by Crippen LogP contribution is -2.55. The zero-order chi connectivity index (χ0) is 23.0. The number of hydrogen-bond donors (Lipinski definition) is 0. The van der Waals surface area contributed by atoms with Crippen LogP contribution in [-0.4, -0.2) is 65.3 Å². The van der Waals surface area contributed by atoms with Gasteiger partial charge in [0.2, 0.25) is 20.0 Å². The number of benzene rings is 2. The summed E-state index contributed by atoms with van der Waals surface area (Å²) in [5, 5.41) is 0.503. The highest BCUT2D eigenvalue weighted by Crippen LogP contribution is 2.34. The van der Waals surface area contributed by atoms with Crippen LogP contribution in [0.1, 0.15) is 6.92 Å². The minimum absolute atomic E-state index is 0.0372. The standard InChI is InChI=1S/C19H22Cl2N2O6S2/c1-13-12-22(30(24,25)18-10-14(20)4-6-16(18)28-2)8-9-23(13)31(26,27)19-11-15(21)5-7-17(19)29-3/h4-7,10-11,13H,8-9,12H2,1-3H3/t13-/m1/s1. The van der Waals surface area contributed by atoms with Crippen molar-refractivity contribution in [3.05, 3.63) is 46.4 Å². The van der Waals surface area contributed by atoms with Gasteiger partial charge in [-0.05, 0) is 43.3 Å². The molecule has 1 saturated heterocycles. The van der Waals surface area contributed by atoms with E-state index in [9.17, 15) is 16.8 Å². The first-order valence-corrected chi connectivity index (χ1v) is 12.8. The number of nitrogens with zero attached hydrogens (tertiary/aromatic N) is 2. The van der Waals surface area contributed by atoms with Crippen molar-refractivity contribution in [2.24, 2.45) is 0 Å². The molecule has 170 valence electrons. The van der Waals surface area contributed by atoms with Gasteiger partial charge in [0.25, 0.3) is 0 Å². The predicted molar refractivity (Wildman–Crippen MR) is 118 cm³/mol. The molecule has 0 amide bonds. The summed E-state index contributed by atoms with van der Waals surface area (Å²) < 4.78 is 65.8. The molecule has 1 heterocycles. The van der Waals surface area contributed by atoms with Gasteiger partial charge in [0, 0.05) is 35.7 Å². The van der Waals surface area contributed by atoms with Crippen LogP contribution in [0.25, 0.3) is 0 Å². The fraction of sp³-hybridized carbons (Fsp3) is 0.368. The summed E-state index contributed by atoms with van der Waals surface area (Å²) in [7, 11) is -5.19. The molecule has 0 saturated carbocycles. The monoisotopic (exact) mass is 508 g/mol. The Balaban J connectivity index is 1.91. The fourth-order valence-electron chi connectivity index (χ4n) is 3.45. The van der Waals surface area contributed by atoms with Gasteiger partial charge in [-0.3, -0.25) is 0 Å². The Morgan fingerprint density at radius 1 is 0.839 bits per heavy atom. The number of ether oxygens (including phenoxy) is 2. The van der Waals surface area contributed by atoms with Crippen molar-refractivity contribution in [3.8, 4) is 11.5 Å². The van der Waals surface area contributed by atoms with Gasteiger partial charge in [-0.15, -0.1) is 0 Å². The quantitative estimate of drug-likeness (QED) is 0.594. The van der Waals surface area contributed by atoms with Gasteiger partial charge >= 0.3 is 0 Å². The van der Waals surface area contributed by atoms with Crippen molar-refractivity contribution in [1.82, 2.24) is 8.61 Å². The SMILES string of the molecule is COc1ccc(Cl)cc1S(=O)(=O)N1CCN(S(=O)(=O)c2cc(Cl)ccc2OC)[C@H](C)C1. The molecule has 0 radical (unpaired) electrons. The fourth-order valence-corrected chi connectivity index (χ4v) is 7.42. The lowest BCUT2D eigenvalue weighted by molar-refractivity contribution is 0.212. The number of sulfonamides is 2. The Labute approximate surface area is 192 Å². The summed E-state index contributed by atoms with van der Waals surface area (Å²) in [6.07, 6.45) is 0. The maximum absolute atomic E-state index is 13.3. The molecule has 12 heteroatoms. The van der Waals surface area contributed by atoms with Gasteiger partial charge in [-0.1, -0.05) is 23.2 Å². The summed E-state index contributed by atoms with van der Waals surface area (Å²) in [6.45, 7) is 1.53. The van der Waals surface area contributed by atoms with E-state index >= 15 is 0 Å². The first-order chi connectivity index (χ1) is 14.5. The number of piperazine rings is 1. The Morgan fingerprint density at radius 2 is 1.32 bits per heavy atom. The molecule has 0 unspecified atom stereocenters. The van der Waals surface area contributed by atoms with E-state index in [0.717, 1.165) is 0 Å². The van der Waals surface area contributed by atoms with Gasteiger partial charge in [-0.25, -0.2) is 16.8 Å². The van der Waals surface area contributed by atoms with E-state index in [4.69, 9.17) is 32.7 Å². The smallest absolute Gasteiger partial charge is 0.247 e. The third-order valence-electron chi connectivity index (χ3n) is 4.99. The van der Waals surface area contributed by atoms with Crippen molar-refractivity contribution >= 4 is 43.2 Å². The van der Waals surface area contributed by atoms with Crippen LogP contribution in [-0.2, 0) is 20.0 Å². The molecule has 0 bridgehead atoms. The lowest BCUT2D eigenvalue weighted by atomic mass is 10.3. The summed E-state index contributed by atoms with van der Waals surface area (Å²) in [6, 6.07) is 8.03. The first kappa shape index (κ1) is 24.1. The predicted octanol–water partition coefficient (Wildman–Crippen LogP) is 3.09. The molecule has 0 spiro atoms. The molecule has 1 atom stereocenters. The van der Waals surface area contributed by atoms with Gasteiger partial charge in [0.05, 0.1) is 14.2 Å². The summed E-state index contributed by atoms with van der Waals surface area (Å²) >= 11 is 12.0. The summed E-state index contributed by atoms with van der Waals surface area (Å²) in [5.41, 5.74) is 0. The lowest BCUT2D eigenvalue weighted by Gasteiger charge is -2.38. The maximum Gasteiger partial charge on any atom is 0.247 e. The second kappa shape index (κ2) is 9.13. The molecule has 0 aromatic heterocycles. The van der Waals surface area contributed by atoms with Crippen molar-refractivity contribution in [1.29, 1.82) is 0 Å². The van der Waals surface area contributed by atoms with Gasteiger partial charge < -0.3 is 9.47 Å². The number of rotatable bonds is 6. The average molecular weight is 509 g/mol. The highest BCUT2D eigenvalue weighted by Gasteiger charge is 2.40. The molecule has 1 aliphatic rings. The molecule has 0 aliphatic carbocycles. The van der Waals surface area contributed by atoms with E-state index in [1.54, 1.807) is 6.92 Å². The van der Waals surface area contributed by atoms with E-state index in [0.29, 0.717) is 0 Å². The van der Waals surface area contributed by atoms with Crippen LogP contribution in [0.5, 0.6) is 11.5 Å². The Kier molecular flexibility index (Phi) is 7.09. The first-order valence-electron chi connectivity index (χ1n) is 9.21. The minimum atomic E-state index is -3.97. The van der Waals surface area contributed by atoms with Crippen LogP contribution in [0, 0.1) is 0 Å². The van der Waals surface area contributed by atoms with E-state index in [-0.39, 0.29) is 51.0 Å². The topological polar surface area (TPSA) is 93.2 Å². The van der Waals surface area contributed by atoms with E-state index in [1.165, 1.54) is 59.2 Å². The maximum atomic E-state index is 13.3. The summed E-state index contributed by atoms with van der Waals surface area (Å²) in [5.74, 6) is 0.325. The van der Waals surface area contributed by atoms with Gasteiger partial charge in [0.15, 0.2) is 0 Å². The zero-order valence-corrected chi connectivity index (χ0v) is 20.2. The minimum Gasteiger partial charge on any atom is -0.495 e. The van der Waals surface area contributed by atoms with E-state index < -0.39 is 26.1 Å². The van der Waals surface area contributed by atoms with Crippen molar-refractivity contribution in [2.75, 3.05) is 33.9 Å². The molecular weight excluding hydrogens is 487 g/mol. The highest BCUT2D eigenvalue weighted by molar-refractivity contribution is 7.89. The summed E-state index contributed by atoms with van der Waals surface area (Å²) in [4.78, 5) is -0.135.